The number of nitrogens with zero attached hydrogens (tertiary/aromatic N) is 4. The third kappa shape index (κ3) is 3.85. The van der Waals surface area contributed by atoms with Gasteiger partial charge in [0, 0.05) is 17.3 Å². The number of rotatable bonds is 5. The predicted molar refractivity (Wildman–Crippen MR) is 99.9 cm³/mol. The van der Waals surface area contributed by atoms with E-state index in [9.17, 15) is 9.18 Å². The quantitative estimate of drug-likeness (QED) is 0.694. The van der Waals surface area contributed by atoms with E-state index in [1.807, 2.05) is 20.8 Å². The maximum absolute atomic E-state index is 13.1. The molecule has 2 aromatic heterocycles. The van der Waals surface area contributed by atoms with Crippen LogP contribution in [-0.2, 0) is 11.2 Å². The fourth-order valence-corrected chi connectivity index (χ4v) is 3.17. The van der Waals surface area contributed by atoms with Gasteiger partial charge in [-0.1, -0.05) is 18.3 Å². The highest BCUT2D eigenvalue weighted by Crippen LogP contribution is 2.20. The lowest BCUT2D eigenvalue weighted by Crippen LogP contribution is -2.07. The maximum atomic E-state index is 13.1. The second-order valence-electron chi connectivity index (χ2n) is 5.65. The Morgan fingerprint density at radius 2 is 2.00 bits per heavy atom. The number of halogens is 1. The molecule has 0 spiro atoms. The Morgan fingerprint density at radius 1 is 1.27 bits per heavy atom. The van der Waals surface area contributed by atoms with Crippen LogP contribution in [-0.4, -0.2) is 25.9 Å². The molecule has 0 fully saturated rings. The van der Waals surface area contributed by atoms with Crippen LogP contribution in [0, 0.1) is 19.7 Å². The Kier molecular flexibility index (Phi) is 5.22. The number of carbonyl (C=O) groups is 1. The van der Waals surface area contributed by atoms with E-state index >= 15 is 0 Å². The van der Waals surface area contributed by atoms with Crippen LogP contribution >= 0.6 is 11.3 Å². The van der Waals surface area contributed by atoms with E-state index in [0.717, 1.165) is 34.1 Å². The number of hydrogen-bond acceptors (Lipinski definition) is 5. The van der Waals surface area contributed by atoms with Crippen molar-refractivity contribution in [3.63, 3.8) is 0 Å². The third-order valence-electron chi connectivity index (χ3n) is 3.82. The van der Waals surface area contributed by atoms with Crippen LogP contribution in [0.3, 0.4) is 0 Å². The first-order valence-corrected chi connectivity index (χ1v) is 8.93. The highest BCUT2D eigenvalue weighted by Gasteiger charge is 2.11. The molecule has 0 aliphatic heterocycles. The average molecular weight is 371 g/mol. The Labute approximate surface area is 154 Å². The van der Waals surface area contributed by atoms with Gasteiger partial charge < -0.3 is 0 Å². The molecule has 3 rings (SSSR count). The highest BCUT2D eigenvalue weighted by molar-refractivity contribution is 7.15. The van der Waals surface area contributed by atoms with Gasteiger partial charge in [0.25, 0.3) is 0 Å². The van der Waals surface area contributed by atoms with Gasteiger partial charge in [-0.15, -0.1) is 10.2 Å². The molecule has 1 amide bonds. The summed E-state index contributed by atoms with van der Waals surface area (Å²) in [6.45, 7) is 5.75. The number of aromatic nitrogens is 4. The second-order valence-corrected chi connectivity index (χ2v) is 6.71. The molecule has 0 saturated carbocycles. The summed E-state index contributed by atoms with van der Waals surface area (Å²) in [5.74, 6) is -0.577. The molecule has 0 bridgehead atoms. The Balaban J connectivity index is 1.77. The third-order valence-corrected chi connectivity index (χ3v) is 4.80. The van der Waals surface area contributed by atoms with Crippen molar-refractivity contribution in [3.05, 3.63) is 58.1 Å². The summed E-state index contributed by atoms with van der Waals surface area (Å²) in [5, 5.41) is 16.4. The van der Waals surface area contributed by atoms with E-state index in [2.05, 4.69) is 20.6 Å². The van der Waals surface area contributed by atoms with E-state index in [1.165, 1.54) is 29.5 Å². The molecule has 8 heteroatoms. The first kappa shape index (κ1) is 17.9. The van der Waals surface area contributed by atoms with Crippen molar-refractivity contribution < 1.29 is 9.18 Å². The zero-order valence-electron chi connectivity index (χ0n) is 14.7. The molecule has 1 N–H and O–H groups in total. The van der Waals surface area contributed by atoms with E-state index in [0.29, 0.717) is 5.13 Å². The zero-order valence-corrected chi connectivity index (χ0v) is 15.5. The minimum atomic E-state index is -0.296. The second kappa shape index (κ2) is 7.57. The molecular formula is C18H18FN5OS. The van der Waals surface area contributed by atoms with Gasteiger partial charge in [-0.25, -0.2) is 9.07 Å². The van der Waals surface area contributed by atoms with Gasteiger partial charge in [0.15, 0.2) is 0 Å². The van der Waals surface area contributed by atoms with Gasteiger partial charge in [0.2, 0.25) is 11.0 Å². The van der Waals surface area contributed by atoms with Crippen molar-refractivity contribution in [2.24, 2.45) is 0 Å². The molecule has 0 aliphatic rings. The largest absolute Gasteiger partial charge is 0.297 e. The molecule has 26 heavy (non-hydrogen) atoms. The summed E-state index contributed by atoms with van der Waals surface area (Å²) in [6, 6.07) is 6.11. The Morgan fingerprint density at radius 3 is 2.65 bits per heavy atom. The van der Waals surface area contributed by atoms with Crippen LogP contribution in [0.1, 0.15) is 28.9 Å². The van der Waals surface area contributed by atoms with Crippen LogP contribution < -0.4 is 5.32 Å². The summed E-state index contributed by atoms with van der Waals surface area (Å²) < 4.78 is 14.8. The fourth-order valence-electron chi connectivity index (χ4n) is 2.48. The van der Waals surface area contributed by atoms with Gasteiger partial charge in [-0.2, -0.15) is 5.10 Å². The van der Waals surface area contributed by atoms with Crippen LogP contribution in [0.4, 0.5) is 9.52 Å². The minimum absolute atomic E-state index is 0.280. The number of anilines is 1. The average Bonchev–Trinajstić information content (AvgIpc) is 3.18. The van der Waals surface area contributed by atoms with E-state index in [1.54, 1.807) is 22.9 Å². The molecule has 0 radical (unpaired) electrons. The number of carbonyl (C=O) groups excluding carboxylic acids is 1. The summed E-state index contributed by atoms with van der Waals surface area (Å²) >= 11 is 1.36. The normalized spacial score (nSPS) is 11.2. The van der Waals surface area contributed by atoms with Crippen LogP contribution in [0.25, 0.3) is 11.8 Å². The summed E-state index contributed by atoms with van der Waals surface area (Å²) in [7, 11) is 0. The minimum Gasteiger partial charge on any atom is -0.297 e. The molecule has 3 aromatic rings. The lowest BCUT2D eigenvalue weighted by Gasteiger charge is -2.04. The predicted octanol–water partition coefficient (Wildman–Crippen LogP) is 3.69. The Bertz CT molecular complexity index is 959. The van der Waals surface area contributed by atoms with E-state index < -0.39 is 0 Å². The number of hydrogen-bond donors (Lipinski definition) is 1. The number of aryl methyl sites for hydroxylation is 2. The van der Waals surface area contributed by atoms with Gasteiger partial charge in [0.1, 0.15) is 10.8 Å². The topological polar surface area (TPSA) is 72.7 Å². The standard InChI is InChI=1S/C18H18FN5OS/c1-4-17-21-22-18(26-17)20-16(25)10-9-15-11(2)23-24(12(15)3)14-7-5-13(19)6-8-14/h5-10H,4H2,1-3H3,(H,20,22,25)/b10-9+. The SMILES string of the molecule is CCc1nnc(NC(=O)/C=C/c2c(C)nn(-c3ccc(F)cc3)c2C)s1. The summed E-state index contributed by atoms with van der Waals surface area (Å²) in [5.41, 5.74) is 3.25. The number of nitrogens with one attached hydrogen (secondary N) is 1. The van der Waals surface area contributed by atoms with Crippen molar-refractivity contribution in [2.75, 3.05) is 5.32 Å². The number of amides is 1. The smallest absolute Gasteiger partial charge is 0.250 e. The lowest BCUT2D eigenvalue weighted by atomic mass is 10.2. The number of benzene rings is 1. The van der Waals surface area contributed by atoms with Crippen molar-refractivity contribution >= 4 is 28.5 Å². The molecule has 2 heterocycles. The van der Waals surface area contributed by atoms with Crippen molar-refractivity contribution in [3.8, 4) is 5.69 Å². The van der Waals surface area contributed by atoms with Crippen molar-refractivity contribution in [1.29, 1.82) is 0 Å². The molecule has 0 atom stereocenters. The molecule has 0 aliphatic carbocycles. The maximum Gasteiger partial charge on any atom is 0.250 e. The molecule has 6 nitrogen and oxygen atoms in total. The Hall–Kier alpha value is -2.87. The van der Waals surface area contributed by atoms with Crippen molar-refractivity contribution in [2.45, 2.75) is 27.2 Å². The van der Waals surface area contributed by atoms with Crippen LogP contribution in [0.2, 0.25) is 0 Å². The molecule has 0 saturated heterocycles. The summed E-state index contributed by atoms with van der Waals surface area (Å²) in [6.07, 6.45) is 3.94. The van der Waals surface area contributed by atoms with Gasteiger partial charge >= 0.3 is 0 Å². The first-order valence-electron chi connectivity index (χ1n) is 8.11. The van der Waals surface area contributed by atoms with E-state index in [-0.39, 0.29) is 11.7 Å². The zero-order chi connectivity index (χ0) is 18.7. The molecule has 134 valence electrons. The molecular weight excluding hydrogens is 353 g/mol. The van der Waals surface area contributed by atoms with Crippen molar-refractivity contribution in [1.82, 2.24) is 20.0 Å². The first-order chi connectivity index (χ1) is 12.5. The monoisotopic (exact) mass is 371 g/mol. The van der Waals surface area contributed by atoms with Gasteiger partial charge in [0.05, 0.1) is 11.4 Å². The van der Waals surface area contributed by atoms with Crippen LogP contribution in [0.5, 0.6) is 0 Å². The highest BCUT2D eigenvalue weighted by atomic mass is 32.1. The molecule has 0 unspecified atom stereocenters. The molecule has 1 aromatic carbocycles. The van der Waals surface area contributed by atoms with Gasteiger partial charge in [-0.05, 0) is 50.6 Å². The van der Waals surface area contributed by atoms with E-state index in [4.69, 9.17) is 0 Å². The summed E-state index contributed by atoms with van der Waals surface area (Å²) in [4.78, 5) is 12.1. The van der Waals surface area contributed by atoms with Gasteiger partial charge in [-0.3, -0.25) is 10.1 Å². The fraction of sp³-hybridized carbons (Fsp3) is 0.222. The van der Waals surface area contributed by atoms with Crippen LogP contribution in [0.15, 0.2) is 30.3 Å². The lowest BCUT2D eigenvalue weighted by molar-refractivity contribution is -0.111.